The number of amides is 1. The van der Waals surface area contributed by atoms with E-state index in [4.69, 9.17) is 11.6 Å². The number of ketones is 1. The topological polar surface area (TPSA) is 46.2 Å². The summed E-state index contributed by atoms with van der Waals surface area (Å²) >= 11 is 12.2. The molecule has 1 unspecified atom stereocenters. The van der Waals surface area contributed by atoms with Crippen LogP contribution in [0.3, 0.4) is 0 Å². The van der Waals surface area contributed by atoms with Crippen LogP contribution in [0.1, 0.15) is 40.7 Å². The van der Waals surface area contributed by atoms with Gasteiger partial charge in [0.15, 0.2) is 5.78 Å². The van der Waals surface area contributed by atoms with Crippen LogP contribution in [0, 0.1) is 5.92 Å². The molecule has 0 saturated carbocycles. The van der Waals surface area contributed by atoms with E-state index in [0.29, 0.717) is 10.0 Å². The average Bonchev–Trinajstić information content (AvgIpc) is 2.69. The van der Waals surface area contributed by atoms with Crippen molar-refractivity contribution < 1.29 is 35.9 Å². The number of hydrogen-bond donors (Lipinski definition) is 1. The van der Waals surface area contributed by atoms with Gasteiger partial charge in [-0.05, 0) is 41.5 Å². The van der Waals surface area contributed by atoms with E-state index in [1.54, 1.807) is 5.32 Å². The Morgan fingerprint density at radius 3 is 2.26 bits per heavy atom. The second kappa shape index (κ2) is 11.9. The molecule has 0 heterocycles. The quantitative estimate of drug-likeness (QED) is 0.232. The lowest BCUT2D eigenvalue weighted by atomic mass is 9.96. The predicted octanol–water partition coefficient (Wildman–Crippen LogP) is 8.11. The summed E-state index contributed by atoms with van der Waals surface area (Å²) < 4.78 is 78.4. The summed E-state index contributed by atoms with van der Waals surface area (Å²) in [5, 5.41) is 1.87. The van der Waals surface area contributed by atoms with Crippen LogP contribution in [0.2, 0.25) is 5.02 Å². The van der Waals surface area contributed by atoms with Gasteiger partial charge >= 0.3 is 12.4 Å². The Bertz CT molecular complexity index is 1100. The summed E-state index contributed by atoms with van der Waals surface area (Å²) in [4.78, 5) is 24.3. The van der Waals surface area contributed by atoms with Gasteiger partial charge < -0.3 is 5.32 Å². The number of Topliss-reactive ketones (excluding diaryl/α,β-unsaturated/α-hetero) is 1. The number of benzene rings is 2. The molecular formula is C23H18Br2ClF6NO2. The molecule has 2 aromatic rings. The molecule has 1 amide bonds. The van der Waals surface area contributed by atoms with Crippen molar-refractivity contribution in [2.45, 2.75) is 31.6 Å². The fraction of sp³-hybridized carbons (Fsp3) is 0.304. The average molecular weight is 650 g/mol. The van der Waals surface area contributed by atoms with Crippen LogP contribution in [0.25, 0.3) is 6.08 Å². The third kappa shape index (κ3) is 9.27. The Hall–Kier alpha value is -1.85. The van der Waals surface area contributed by atoms with Crippen LogP contribution in [-0.2, 0) is 4.79 Å². The summed E-state index contributed by atoms with van der Waals surface area (Å²) in [7, 11) is 0. The molecule has 0 spiro atoms. The zero-order chi connectivity index (χ0) is 26.6. The first-order valence-corrected chi connectivity index (χ1v) is 11.9. The first-order valence-electron chi connectivity index (χ1n) is 9.95. The molecule has 35 heavy (non-hydrogen) atoms. The Labute approximate surface area is 219 Å². The van der Waals surface area contributed by atoms with Gasteiger partial charge in [0.25, 0.3) is 0 Å². The molecule has 2 aromatic carbocycles. The van der Waals surface area contributed by atoms with E-state index in [9.17, 15) is 35.9 Å². The lowest BCUT2D eigenvalue weighted by Crippen LogP contribution is -2.37. The van der Waals surface area contributed by atoms with Crippen LogP contribution in [0.5, 0.6) is 0 Å². The van der Waals surface area contributed by atoms with Crippen LogP contribution in [0.15, 0.2) is 51.4 Å². The first-order chi connectivity index (χ1) is 16.1. The monoisotopic (exact) mass is 647 g/mol. The second-order valence-corrected chi connectivity index (χ2v) is 9.89. The highest BCUT2D eigenvalue weighted by molar-refractivity contribution is 9.10. The van der Waals surface area contributed by atoms with E-state index < -0.39 is 42.4 Å². The van der Waals surface area contributed by atoms with E-state index in [2.05, 4.69) is 31.9 Å². The van der Waals surface area contributed by atoms with Crippen molar-refractivity contribution in [3.05, 3.63) is 73.1 Å². The van der Waals surface area contributed by atoms with E-state index in [1.807, 2.05) is 0 Å². The molecule has 0 aliphatic rings. The van der Waals surface area contributed by atoms with Crippen LogP contribution >= 0.6 is 43.5 Å². The summed E-state index contributed by atoms with van der Waals surface area (Å²) in [6.07, 6.45) is -7.29. The Balaban J connectivity index is 2.16. The number of halogens is 9. The van der Waals surface area contributed by atoms with Crippen LogP contribution in [0.4, 0.5) is 26.3 Å². The van der Waals surface area contributed by atoms with Gasteiger partial charge in [0, 0.05) is 31.9 Å². The van der Waals surface area contributed by atoms with Crippen molar-refractivity contribution in [1.82, 2.24) is 5.32 Å². The summed E-state index contributed by atoms with van der Waals surface area (Å²) in [6.45, 7) is -0.180. The highest BCUT2D eigenvalue weighted by Gasteiger charge is 2.39. The molecule has 3 nitrogen and oxygen atoms in total. The maximum absolute atomic E-state index is 13.7. The lowest BCUT2D eigenvalue weighted by Gasteiger charge is -2.18. The van der Waals surface area contributed by atoms with Gasteiger partial charge in [-0.15, -0.1) is 0 Å². The normalized spacial score (nSPS) is 14.1. The molecule has 2 rings (SSSR count). The Morgan fingerprint density at radius 1 is 1.06 bits per heavy atom. The molecule has 2 atom stereocenters. The van der Waals surface area contributed by atoms with Gasteiger partial charge in [0.05, 0.1) is 5.92 Å². The summed E-state index contributed by atoms with van der Waals surface area (Å²) in [5.74, 6) is -4.38. The number of carbonyl (C=O) groups excluding carboxylic acids is 2. The van der Waals surface area contributed by atoms with Crippen molar-refractivity contribution >= 4 is 61.2 Å². The van der Waals surface area contributed by atoms with Gasteiger partial charge in [0.2, 0.25) is 5.91 Å². The molecule has 1 N–H and O–H groups in total. The van der Waals surface area contributed by atoms with Crippen molar-refractivity contribution in [2.24, 2.45) is 5.92 Å². The summed E-state index contributed by atoms with van der Waals surface area (Å²) in [6, 6.07) is 8.22. The first kappa shape index (κ1) is 29.4. The standard InChI is InChI=1S/C23H18Br2ClF6NO2/c1-12(21(35)33-11-22(27,28)29)6-20(34)17-4-2-13(7-19(17)25)3-5-18(23(30,31)32)14-8-15(24)10-16(26)9-14/h2-5,7-10,12,18H,6,11H2,1H3,(H,33,35)/b5-3+/t12-,18?/m0/s1. The van der Waals surface area contributed by atoms with E-state index >= 15 is 0 Å². The van der Waals surface area contributed by atoms with Crippen LogP contribution < -0.4 is 5.32 Å². The largest absolute Gasteiger partial charge is 0.405 e. The predicted molar refractivity (Wildman–Crippen MR) is 128 cm³/mol. The molecule has 0 aromatic heterocycles. The molecule has 190 valence electrons. The minimum Gasteiger partial charge on any atom is -0.347 e. The number of carbonyl (C=O) groups is 2. The SMILES string of the molecule is C[C@@H](CC(=O)c1ccc(/C=C/C(c2cc(Cl)cc(Br)c2)C(F)(F)F)cc1Br)C(=O)NCC(F)(F)F. The number of alkyl halides is 6. The van der Waals surface area contributed by atoms with Gasteiger partial charge in [0.1, 0.15) is 6.54 Å². The Morgan fingerprint density at radius 2 is 1.71 bits per heavy atom. The van der Waals surface area contributed by atoms with Crippen molar-refractivity contribution in [3.63, 3.8) is 0 Å². The smallest absolute Gasteiger partial charge is 0.347 e. The number of rotatable bonds is 8. The fourth-order valence-electron chi connectivity index (χ4n) is 3.07. The minimum absolute atomic E-state index is 0.0585. The number of nitrogens with one attached hydrogen (secondary N) is 1. The van der Waals surface area contributed by atoms with Crippen molar-refractivity contribution in [2.75, 3.05) is 6.54 Å². The molecule has 0 bridgehead atoms. The maximum atomic E-state index is 13.7. The van der Waals surface area contributed by atoms with Crippen LogP contribution in [-0.4, -0.2) is 30.6 Å². The molecule has 0 aliphatic heterocycles. The highest BCUT2D eigenvalue weighted by atomic mass is 79.9. The second-order valence-electron chi connectivity index (χ2n) is 7.68. The minimum atomic E-state index is -4.59. The zero-order valence-electron chi connectivity index (χ0n) is 17.9. The summed E-state index contributed by atoms with van der Waals surface area (Å²) in [5.41, 5.74) is 0.445. The molecule has 0 fully saturated rings. The molecule has 12 heteroatoms. The maximum Gasteiger partial charge on any atom is 0.405 e. The van der Waals surface area contributed by atoms with Gasteiger partial charge in [-0.25, -0.2) is 0 Å². The van der Waals surface area contributed by atoms with E-state index in [0.717, 1.165) is 6.08 Å². The lowest BCUT2D eigenvalue weighted by molar-refractivity contribution is -0.140. The van der Waals surface area contributed by atoms with E-state index in [-0.39, 0.29) is 27.0 Å². The van der Waals surface area contributed by atoms with Gasteiger partial charge in [-0.2, -0.15) is 26.3 Å². The molecular weight excluding hydrogens is 632 g/mol. The third-order valence-electron chi connectivity index (χ3n) is 4.77. The van der Waals surface area contributed by atoms with Crippen molar-refractivity contribution in [1.29, 1.82) is 0 Å². The Kier molecular flexibility index (Phi) is 10.0. The zero-order valence-corrected chi connectivity index (χ0v) is 21.8. The third-order valence-corrected chi connectivity index (χ3v) is 6.11. The fourth-order valence-corrected chi connectivity index (χ4v) is 4.58. The van der Waals surface area contributed by atoms with E-state index in [1.165, 1.54) is 49.4 Å². The van der Waals surface area contributed by atoms with Crippen molar-refractivity contribution in [3.8, 4) is 0 Å². The highest BCUT2D eigenvalue weighted by Crippen LogP contribution is 2.38. The van der Waals surface area contributed by atoms with Gasteiger partial charge in [-0.3, -0.25) is 9.59 Å². The molecule has 0 saturated heterocycles. The number of hydrogen-bond acceptors (Lipinski definition) is 2. The molecule has 0 radical (unpaired) electrons. The van der Waals surface area contributed by atoms with Gasteiger partial charge in [-0.1, -0.05) is 68.6 Å². The number of allylic oxidation sites excluding steroid dienone is 1. The molecule has 0 aliphatic carbocycles.